The smallest absolute Gasteiger partial charge is 0.139 e. The highest BCUT2D eigenvalue weighted by atomic mass is 79.9. The summed E-state index contributed by atoms with van der Waals surface area (Å²) in [7, 11) is 0. The summed E-state index contributed by atoms with van der Waals surface area (Å²) in [5.74, 6) is 1.63. The molecular formula is C16H14BrNO2. The molecule has 0 spiro atoms. The fourth-order valence-electron chi connectivity index (χ4n) is 2.08. The lowest BCUT2D eigenvalue weighted by Gasteiger charge is -2.20. The van der Waals surface area contributed by atoms with Crippen LogP contribution in [0.5, 0.6) is 11.5 Å². The molecule has 4 heteroatoms. The minimum atomic E-state index is -0.468. The second kappa shape index (κ2) is 5.31. The monoisotopic (exact) mass is 331 g/mol. The third-order valence-corrected chi connectivity index (χ3v) is 3.56. The Hall–Kier alpha value is -1.78. The molecule has 0 amide bonds. The zero-order chi connectivity index (χ0) is 14.0. The van der Waals surface area contributed by atoms with Crippen LogP contribution in [0.25, 0.3) is 0 Å². The van der Waals surface area contributed by atoms with Gasteiger partial charge in [-0.25, -0.2) is 0 Å². The lowest BCUT2D eigenvalue weighted by atomic mass is 9.96. The predicted molar refractivity (Wildman–Crippen MR) is 81.5 cm³/mol. The van der Waals surface area contributed by atoms with Crippen LogP contribution in [0.1, 0.15) is 12.5 Å². The maximum Gasteiger partial charge on any atom is 0.139 e. The van der Waals surface area contributed by atoms with Crippen LogP contribution in [-0.2, 0) is 10.4 Å². The number of ether oxygens (including phenoxy) is 1. The van der Waals surface area contributed by atoms with Crippen molar-refractivity contribution in [2.24, 2.45) is 0 Å². The number of hydrogen-bond acceptors (Lipinski definition) is 3. The van der Waals surface area contributed by atoms with E-state index in [1.807, 2.05) is 67.6 Å². The van der Waals surface area contributed by atoms with E-state index in [0.717, 1.165) is 21.7 Å². The van der Waals surface area contributed by atoms with Gasteiger partial charge in [-0.15, -0.1) is 0 Å². The van der Waals surface area contributed by atoms with Crippen molar-refractivity contribution in [1.82, 2.24) is 5.48 Å². The van der Waals surface area contributed by atoms with Crippen molar-refractivity contribution in [1.29, 1.82) is 0 Å². The lowest BCUT2D eigenvalue weighted by Crippen LogP contribution is -2.22. The van der Waals surface area contributed by atoms with Crippen molar-refractivity contribution in [3.8, 4) is 11.5 Å². The van der Waals surface area contributed by atoms with Gasteiger partial charge >= 0.3 is 0 Å². The van der Waals surface area contributed by atoms with E-state index in [1.54, 1.807) is 0 Å². The predicted octanol–water partition coefficient (Wildman–Crippen LogP) is 4.47. The number of hydrogen-bond donors (Lipinski definition) is 1. The second-order valence-electron chi connectivity index (χ2n) is 4.74. The highest BCUT2D eigenvalue weighted by molar-refractivity contribution is 9.11. The molecule has 1 aliphatic rings. The van der Waals surface area contributed by atoms with Gasteiger partial charge < -0.3 is 4.74 Å². The Morgan fingerprint density at radius 1 is 1.00 bits per heavy atom. The first-order valence-electron chi connectivity index (χ1n) is 6.31. The summed E-state index contributed by atoms with van der Waals surface area (Å²) in [6.45, 7) is 2.00. The molecule has 1 N–H and O–H groups in total. The second-order valence-corrected chi connectivity index (χ2v) is 5.60. The van der Waals surface area contributed by atoms with Crippen LogP contribution in [0.3, 0.4) is 0 Å². The quantitative estimate of drug-likeness (QED) is 0.842. The molecule has 0 fully saturated rings. The molecule has 1 atom stereocenters. The van der Waals surface area contributed by atoms with E-state index in [-0.39, 0.29) is 0 Å². The Morgan fingerprint density at radius 2 is 1.65 bits per heavy atom. The summed E-state index contributed by atoms with van der Waals surface area (Å²) in [6, 6.07) is 17.6. The van der Waals surface area contributed by atoms with Crippen molar-refractivity contribution in [2.75, 3.05) is 0 Å². The maximum absolute atomic E-state index is 5.77. The van der Waals surface area contributed by atoms with Crippen molar-refractivity contribution in [2.45, 2.75) is 12.5 Å². The van der Waals surface area contributed by atoms with E-state index in [1.165, 1.54) is 0 Å². The molecule has 0 bridgehead atoms. The third-order valence-electron chi connectivity index (χ3n) is 3.17. The SMILES string of the molecule is C[C@]1(c2ccc(Oc3ccccc3)cc2)C=C(Br)NO1. The Labute approximate surface area is 126 Å². The van der Waals surface area contributed by atoms with Gasteiger partial charge in [0, 0.05) is 0 Å². The molecule has 2 aromatic rings. The molecule has 102 valence electrons. The molecule has 0 aromatic heterocycles. The molecule has 3 rings (SSSR count). The van der Waals surface area contributed by atoms with Crippen LogP contribution in [0.15, 0.2) is 65.3 Å². The van der Waals surface area contributed by atoms with Gasteiger partial charge in [-0.2, -0.15) is 0 Å². The van der Waals surface area contributed by atoms with Gasteiger partial charge in [-0.1, -0.05) is 30.3 Å². The molecule has 0 aliphatic carbocycles. The molecule has 0 saturated heterocycles. The third kappa shape index (κ3) is 2.71. The number of hydroxylamine groups is 1. The highest BCUT2D eigenvalue weighted by Gasteiger charge is 2.31. The number of para-hydroxylation sites is 1. The number of halogens is 1. The zero-order valence-corrected chi connectivity index (χ0v) is 12.6. The van der Waals surface area contributed by atoms with Crippen molar-refractivity contribution in [3.05, 3.63) is 70.8 Å². The molecule has 0 radical (unpaired) electrons. The summed E-state index contributed by atoms with van der Waals surface area (Å²) in [4.78, 5) is 5.57. The molecule has 0 unspecified atom stereocenters. The Bertz CT molecular complexity index is 625. The summed E-state index contributed by atoms with van der Waals surface area (Å²) in [6.07, 6.45) is 1.99. The van der Waals surface area contributed by atoms with Crippen molar-refractivity contribution in [3.63, 3.8) is 0 Å². The van der Waals surface area contributed by atoms with Crippen LogP contribution in [-0.4, -0.2) is 0 Å². The molecule has 1 aliphatic heterocycles. The molecule has 20 heavy (non-hydrogen) atoms. The Morgan fingerprint density at radius 3 is 2.25 bits per heavy atom. The van der Waals surface area contributed by atoms with E-state index >= 15 is 0 Å². The fraction of sp³-hybridized carbons (Fsp3) is 0.125. The van der Waals surface area contributed by atoms with Gasteiger partial charge in [0.25, 0.3) is 0 Å². The largest absolute Gasteiger partial charge is 0.457 e. The van der Waals surface area contributed by atoms with Crippen LogP contribution in [0, 0.1) is 0 Å². The first-order valence-corrected chi connectivity index (χ1v) is 7.11. The lowest BCUT2D eigenvalue weighted by molar-refractivity contribution is -0.0288. The summed E-state index contributed by atoms with van der Waals surface area (Å²) in [5, 5.41) is 0. The van der Waals surface area contributed by atoms with E-state index in [2.05, 4.69) is 21.4 Å². The van der Waals surface area contributed by atoms with Crippen LogP contribution < -0.4 is 10.2 Å². The molecule has 3 nitrogen and oxygen atoms in total. The van der Waals surface area contributed by atoms with Crippen LogP contribution in [0.2, 0.25) is 0 Å². The van der Waals surface area contributed by atoms with Gasteiger partial charge in [0.05, 0.1) is 0 Å². The van der Waals surface area contributed by atoms with Crippen molar-refractivity contribution >= 4 is 15.9 Å². The minimum Gasteiger partial charge on any atom is -0.457 e. The van der Waals surface area contributed by atoms with Gasteiger partial charge in [0.2, 0.25) is 0 Å². The average Bonchev–Trinajstić information content (AvgIpc) is 2.81. The zero-order valence-electron chi connectivity index (χ0n) is 11.0. The van der Waals surface area contributed by atoms with Gasteiger partial charge in [0.15, 0.2) is 0 Å². The first kappa shape index (κ1) is 13.2. The number of nitrogens with one attached hydrogen (secondary N) is 1. The molecular weight excluding hydrogens is 318 g/mol. The molecule has 2 aromatic carbocycles. The molecule has 0 saturated carbocycles. The molecule has 1 heterocycles. The summed E-state index contributed by atoms with van der Waals surface area (Å²) in [5.41, 5.74) is 3.40. The Balaban J connectivity index is 1.78. The minimum absolute atomic E-state index is 0.468. The Kier molecular flexibility index (Phi) is 3.51. The van der Waals surface area contributed by atoms with E-state index in [0.29, 0.717) is 0 Å². The van der Waals surface area contributed by atoms with Gasteiger partial charge in [-0.3, -0.25) is 10.3 Å². The standard InChI is InChI=1S/C16H14BrNO2/c1-16(11-15(17)18-20-16)12-7-9-14(10-8-12)19-13-5-3-2-4-6-13/h2-11,18H,1H3/t16-/m1/s1. The normalized spacial score (nSPS) is 21.2. The van der Waals surface area contributed by atoms with Crippen LogP contribution in [0.4, 0.5) is 0 Å². The van der Waals surface area contributed by atoms with E-state index in [4.69, 9.17) is 9.57 Å². The maximum atomic E-state index is 5.77. The summed E-state index contributed by atoms with van der Waals surface area (Å²) < 4.78 is 6.61. The van der Waals surface area contributed by atoms with Gasteiger partial charge in [-0.05, 0) is 58.8 Å². The van der Waals surface area contributed by atoms with Crippen LogP contribution >= 0.6 is 15.9 Å². The van der Waals surface area contributed by atoms with Gasteiger partial charge in [0.1, 0.15) is 21.7 Å². The number of benzene rings is 2. The first-order chi connectivity index (χ1) is 9.66. The number of rotatable bonds is 3. The van der Waals surface area contributed by atoms with E-state index < -0.39 is 5.60 Å². The topological polar surface area (TPSA) is 30.5 Å². The van der Waals surface area contributed by atoms with Crippen molar-refractivity contribution < 1.29 is 9.57 Å². The fourth-order valence-corrected chi connectivity index (χ4v) is 2.59. The summed E-state index contributed by atoms with van der Waals surface area (Å²) >= 11 is 3.37. The average molecular weight is 332 g/mol. The highest BCUT2D eigenvalue weighted by Crippen LogP contribution is 2.34. The van der Waals surface area contributed by atoms with E-state index in [9.17, 15) is 0 Å².